The van der Waals surface area contributed by atoms with Crippen LogP contribution in [0.1, 0.15) is 24.5 Å². The molecule has 1 aromatic carbocycles. The van der Waals surface area contributed by atoms with E-state index in [0.29, 0.717) is 0 Å². The molecule has 0 radical (unpaired) electrons. The van der Waals surface area contributed by atoms with E-state index in [1.54, 1.807) is 11.6 Å². The number of rotatable bonds is 3. The Morgan fingerprint density at radius 3 is 2.50 bits per heavy atom. The maximum atomic E-state index is 2.49. The first kappa shape index (κ1) is 13.7. The van der Waals surface area contributed by atoms with Gasteiger partial charge in [-0.15, -0.1) is 23.3 Å². The van der Waals surface area contributed by atoms with E-state index < -0.39 is 8.07 Å². The lowest BCUT2D eigenvalue weighted by atomic mass is 9.90. The Morgan fingerprint density at radius 1 is 1.22 bits per heavy atom. The minimum Gasteiger partial charge on any atom is -0.349 e. The van der Waals surface area contributed by atoms with E-state index in [1.807, 2.05) is 0 Å². The Morgan fingerprint density at radius 2 is 1.89 bits per heavy atom. The molecule has 0 fully saturated rings. The molecule has 0 spiro atoms. The first-order valence-electron chi connectivity index (χ1n) is 7.15. The topological polar surface area (TPSA) is 0 Å². The lowest BCUT2D eigenvalue weighted by molar-refractivity contribution is -0.886. The van der Waals surface area contributed by atoms with Gasteiger partial charge in [0.05, 0.1) is 19.8 Å². The predicted molar refractivity (Wildman–Crippen MR) is 82.0 cm³/mol. The normalized spacial score (nSPS) is 23.9. The van der Waals surface area contributed by atoms with Gasteiger partial charge in [-0.2, -0.15) is 6.07 Å². The summed E-state index contributed by atoms with van der Waals surface area (Å²) in [7, 11) is 1.41. The zero-order valence-electron chi connectivity index (χ0n) is 12.6. The molecule has 1 aromatic rings. The largest absolute Gasteiger partial charge is 0.349 e. The summed E-state index contributed by atoms with van der Waals surface area (Å²) in [6, 6.07) is 10.7. The van der Waals surface area contributed by atoms with Crippen molar-refractivity contribution < 1.29 is 4.48 Å². The molecule has 0 saturated heterocycles. The molecule has 1 atom stereocenters. The summed E-state index contributed by atoms with van der Waals surface area (Å²) in [6.07, 6.45) is 3.78. The van der Waals surface area contributed by atoms with Gasteiger partial charge in [0.1, 0.15) is 8.07 Å². The van der Waals surface area contributed by atoms with Crippen molar-refractivity contribution >= 4 is 8.07 Å². The fraction of sp³-hybridized carbons (Fsp3) is 0.562. The third-order valence-corrected chi connectivity index (χ3v) is 5.66. The van der Waals surface area contributed by atoms with E-state index in [1.165, 1.54) is 35.6 Å². The van der Waals surface area contributed by atoms with Gasteiger partial charge in [-0.3, -0.25) is 0 Å². The highest BCUT2D eigenvalue weighted by molar-refractivity contribution is 6.76. The van der Waals surface area contributed by atoms with Crippen LogP contribution in [0.25, 0.3) is 0 Å². The van der Waals surface area contributed by atoms with Crippen molar-refractivity contribution in [2.24, 2.45) is 0 Å². The first-order valence-corrected chi connectivity index (χ1v) is 10.9. The summed E-state index contributed by atoms with van der Waals surface area (Å²) >= 11 is 0. The minimum atomic E-state index is -1.04. The zero-order chi connectivity index (χ0) is 13.4. The highest BCUT2D eigenvalue weighted by Crippen LogP contribution is 2.36. The van der Waals surface area contributed by atoms with Gasteiger partial charge >= 0.3 is 0 Å². The molecule has 1 unspecified atom stereocenters. The van der Waals surface area contributed by atoms with Gasteiger partial charge in [-0.25, -0.2) is 0 Å². The van der Waals surface area contributed by atoms with Crippen LogP contribution in [0.4, 0.5) is 0 Å². The number of hydrogen-bond donors (Lipinski definition) is 0. The predicted octanol–water partition coefficient (Wildman–Crippen LogP) is 3.86. The monoisotopic (exact) mass is 261 g/mol. The van der Waals surface area contributed by atoms with Crippen LogP contribution in [0.2, 0.25) is 19.6 Å². The summed E-state index contributed by atoms with van der Waals surface area (Å²) in [5, 5.41) is 0. The second kappa shape index (κ2) is 4.75. The minimum absolute atomic E-state index is 1.04. The van der Waals surface area contributed by atoms with Crippen molar-refractivity contribution in [1.82, 2.24) is 0 Å². The smallest absolute Gasteiger partial charge is 0.110 e. The number of likely N-dealkylation sites (N-methyl/N-ethyl adjacent to an activating group) is 1. The molecule has 2 rings (SSSR count). The van der Waals surface area contributed by atoms with E-state index in [0.717, 1.165) is 0 Å². The van der Waals surface area contributed by atoms with Gasteiger partial charge in [0.25, 0.3) is 0 Å². The fourth-order valence-corrected chi connectivity index (χ4v) is 6.05. The van der Waals surface area contributed by atoms with Crippen LogP contribution in [-0.2, 0) is 6.42 Å². The molecular weight excluding hydrogens is 234 g/mol. The molecule has 1 heterocycles. The van der Waals surface area contributed by atoms with Crippen LogP contribution in [0.15, 0.2) is 24.3 Å². The molecule has 0 saturated carbocycles. The molecule has 100 valence electrons. The third kappa shape index (κ3) is 2.65. The van der Waals surface area contributed by atoms with Crippen molar-refractivity contribution in [2.45, 2.75) is 39.4 Å². The molecule has 1 nitrogen and oxygen atoms in total. The van der Waals surface area contributed by atoms with Gasteiger partial charge in [0, 0.05) is 6.04 Å². The van der Waals surface area contributed by atoms with Crippen LogP contribution in [0, 0.1) is 6.04 Å². The zero-order valence-corrected chi connectivity index (χ0v) is 13.6. The molecular formula is C16H27NSi. The molecule has 0 N–H and O–H groups in total. The Balaban J connectivity index is 2.36. The van der Waals surface area contributed by atoms with Crippen molar-refractivity contribution in [3.63, 3.8) is 0 Å². The Labute approximate surface area is 113 Å². The molecule has 0 aromatic heterocycles. The van der Waals surface area contributed by atoms with Crippen LogP contribution < -0.4 is 0 Å². The SMILES string of the molecule is CC[C-]1c2ccccc2CC[N+]1(C)C[Si](C)(C)C. The van der Waals surface area contributed by atoms with Gasteiger partial charge < -0.3 is 4.48 Å². The Bertz CT molecular complexity index is 421. The average Bonchev–Trinajstić information content (AvgIpc) is 2.26. The quantitative estimate of drug-likeness (QED) is 0.440. The standard InChI is InChI=1S/C16H27NSi/c1-6-16-15-10-8-7-9-14(15)11-12-17(16,2)13-18(3,4)5/h7-10H,6,11-13H2,1-5H3. The van der Waals surface area contributed by atoms with E-state index in [9.17, 15) is 0 Å². The van der Waals surface area contributed by atoms with Crippen LogP contribution >= 0.6 is 0 Å². The molecule has 0 amide bonds. The highest BCUT2D eigenvalue weighted by atomic mass is 28.3. The first-order chi connectivity index (χ1) is 8.36. The summed E-state index contributed by atoms with van der Waals surface area (Å²) < 4.78 is 1.18. The van der Waals surface area contributed by atoms with E-state index in [2.05, 4.69) is 57.9 Å². The number of nitrogens with zero attached hydrogens (tertiary/aromatic N) is 1. The fourth-order valence-electron chi connectivity index (χ4n) is 3.61. The maximum absolute atomic E-state index is 2.49. The number of benzene rings is 1. The van der Waals surface area contributed by atoms with Crippen LogP contribution in [0.3, 0.4) is 0 Å². The highest BCUT2D eigenvalue weighted by Gasteiger charge is 2.36. The van der Waals surface area contributed by atoms with Gasteiger partial charge in [-0.1, -0.05) is 32.6 Å². The van der Waals surface area contributed by atoms with E-state index in [-0.39, 0.29) is 0 Å². The Kier molecular flexibility index (Phi) is 3.61. The van der Waals surface area contributed by atoms with Crippen molar-refractivity contribution in [1.29, 1.82) is 0 Å². The second-order valence-corrected chi connectivity index (χ2v) is 12.5. The average molecular weight is 261 g/mol. The summed E-state index contributed by atoms with van der Waals surface area (Å²) in [5.74, 6) is 0. The Hall–Kier alpha value is -0.733. The third-order valence-electron chi connectivity index (χ3n) is 4.01. The molecule has 1 aliphatic rings. The molecule has 0 aliphatic carbocycles. The van der Waals surface area contributed by atoms with Crippen molar-refractivity contribution in [3.05, 3.63) is 41.4 Å². The van der Waals surface area contributed by atoms with Gasteiger partial charge in [0.15, 0.2) is 0 Å². The van der Waals surface area contributed by atoms with Crippen LogP contribution in [-0.4, -0.2) is 32.3 Å². The lowest BCUT2D eigenvalue weighted by Crippen LogP contribution is -2.58. The number of hydrogen-bond acceptors (Lipinski definition) is 0. The maximum Gasteiger partial charge on any atom is 0.110 e. The van der Waals surface area contributed by atoms with E-state index in [4.69, 9.17) is 0 Å². The van der Waals surface area contributed by atoms with Crippen molar-refractivity contribution in [2.75, 3.05) is 19.8 Å². The molecule has 2 heteroatoms. The number of quaternary nitrogens is 1. The van der Waals surface area contributed by atoms with Crippen LogP contribution in [0.5, 0.6) is 0 Å². The summed E-state index contributed by atoms with van der Waals surface area (Å²) in [6.45, 7) is 11.1. The molecule has 18 heavy (non-hydrogen) atoms. The second-order valence-electron chi connectivity index (χ2n) is 7.05. The van der Waals surface area contributed by atoms with Gasteiger partial charge in [0.2, 0.25) is 0 Å². The lowest BCUT2D eigenvalue weighted by Gasteiger charge is -2.52. The summed E-state index contributed by atoms with van der Waals surface area (Å²) in [4.78, 5) is 0. The number of fused-ring (bicyclic) bond motifs is 1. The summed E-state index contributed by atoms with van der Waals surface area (Å²) in [5.41, 5.74) is 3.09. The molecule has 0 bridgehead atoms. The van der Waals surface area contributed by atoms with E-state index >= 15 is 0 Å². The van der Waals surface area contributed by atoms with Crippen molar-refractivity contribution in [3.8, 4) is 0 Å². The van der Waals surface area contributed by atoms with Gasteiger partial charge in [-0.05, 0) is 12.8 Å². The molecule has 1 aliphatic heterocycles.